The Kier molecular flexibility index (Phi) is 4.77. The molecule has 0 saturated heterocycles. The molecule has 0 aromatic carbocycles. The van der Waals surface area contributed by atoms with Gasteiger partial charge in [0.05, 0.1) is 11.8 Å². The standard InChI is InChI=1S/C12H20O4/c1-2-5-9(11(13)14)8-6-3-4-7-10(8)12(15)16/h8-10H,2-7H2,1H3,(H,13,14)(H,15,16). The Morgan fingerprint density at radius 2 is 1.88 bits per heavy atom. The Hall–Kier alpha value is -1.06. The molecule has 2 N–H and O–H groups in total. The van der Waals surface area contributed by atoms with Gasteiger partial charge in [-0.15, -0.1) is 0 Å². The molecule has 4 nitrogen and oxygen atoms in total. The second-order valence-corrected chi connectivity index (χ2v) is 4.63. The van der Waals surface area contributed by atoms with Gasteiger partial charge in [0.15, 0.2) is 0 Å². The van der Waals surface area contributed by atoms with Gasteiger partial charge in [-0.1, -0.05) is 26.2 Å². The number of aliphatic carboxylic acids is 2. The summed E-state index contributed by atoms with van der Waals surface area (Å²) in [5.41, 5.74) is 0. The summed E-state index contributed by atoms with van der Waals surface area (Å²) in [5.74, 6) is -2.77. The van der Waals surface area contributed by atoms with Crippen LogP contribution in [0, 0.1) is 17.8 Å². The van der Waals surface area contributed by atoms with Crippen molar-refractivity contribution in [3.63, 3.8) is 0 Å². The van der Waals surface area contributed by atoms with Gasteiger partial charge in [0, 0.05) is 0 Å². The first-order chi connectivity index (χ1) is 7.57. The number of carboxylic acid groups (broad SMARTS) is 2. The highest BCUT2D eigenvalue weighted by Gasteiger charge is 2.38. The van der Waals surface area contributed by atoms with Crippen LogP contribution in [0.25, 0.3) is 0 Å². The summed E-state index contributed by atoms with van der Waals surface area (Å²) in [4.78, 5) is 22.3. The van der Waals surface area contributed by atoms with Gasteiger partial charge in [-0.2, -0.15) is 0 Å². The zero-order chi connectivity index (χ0) is 12.1. The fourth-order valence-corrected chi connectivity index (χ4v) is 2.78. The third kappa shape index (κ3) is 2.97. The quantitative estimate of drug-likeness (QED) is 0.757. The van der Waals surface area contributed by atoms with E-state index in [4.69, 9.17) is 10.2 Å². The minimum absolute atomic E-state index is 0.177. The van der Waals surface area contributed by atoms with E-state index in [0.29, 0.717) is 12.8 Å². The van der Waals surface area contributed by atoms with Gasteiger partial charge in [-0.25, -0.2) is 0 Å². The van der Waals surface area contributed by atoms with Crippen LogP contribution in [0.5, 0.6) is 0 Å². The first-order valence-electron chi connectivity index (χ1n) is 6.03. The Morgan fingerprint density at radius 1 is 1.25 bits per heavy atom. The summed E-state index contributed by atoms with van der Waals surface area (Å²) in [7, 11) is 0. The number of carboxylic acids is 2. The highest BCUT2D eigenvalue weighted by Crippen LogP contribution is 2.37. The van der Waals surface area contributed by atoms with Gasteiger partial charge < -0.3 is 10.2 Å². The van der Waals surface area contributed by atoms with E-state index in [-0.39, 0.29) is 5.92 Å². The van der Waals surface area contributed by atoms with E-state index >= 15 is 0 Å². The Labute approximate surface area is 95.7 Å². The molecule has 0 bridgehead atoms. The van der Waals surface area contributed by atoms with Crippen molar-refractivity contribution in [3.8, 4) is 0 Å². The smallest absolute Gasteiger partial charge is 0.306 e. The monoisotopic (exact) mass is 228 g/mol. The van der Waals surface area contributed by atoms with E-state index in [1.165, 1.54) is 0 Å². The van der Waals surface area contributed by atoms with Crippen molar-refractivity contribution in [2.45, 2.75) is 45.4 Å². The van der Waals surface area contributed by atoms with Crippen molar-refractivity contribution >= 4 is 11.9 Å². The Bertz CT molecular complexity index is 262. The highest BCUT2D eigenvalue weighted by atomic mass is 16.4. The predicted octanol–water partition coefficient (Wildman–Crippen LogP) is 2.38. The van der Waals surface area contributed by atoms with Crippen molar-refractivity contribution in [1.29, 1.82) is 0 Å². The molecule has 3 atom stereocenters. The molecule has 1 fully saturated rings. The number of carbonyl (C=O) groups is 2. The summed E-state index contributed by atoms with van der Waals surface area (Å²) in [6, 6.07) is 0. The first kappa shape index (κ1) is 13.0. The molecule has 1 rings (SSSR count). The third-order valence-corrected chi connectivity index (χ3v) is 3.57. The van der Waals surface area contributed by atoms with Crippen LogP contribution in [0.15, 0.2) is 0 Å². The van der Waals surface area contributed by atoms with Crippen molar-refractivity contribution in [2.75, 3.05) is 0 Å². The van der Waals surface area contributed by atoms with Crippen LogP contribution in [-0.2, 0) is 9.59 Å². The molecule has 1 aliphatic rings. The molecule has 1 saturated carbocycles. The molecule has 3 unspecified atom stereocenters. The molecule has 0 aromatic rings. The Morgan fingerprint density at radius 3 is 2.38 bits per heavy atom. The predicted molar refractivity (Wildman–Crippen MR) is 59.1 cm³/mol. The third-order valence-electron chi connectivity index (χ3n) is 3.57. The van der Waals surface area contributed by atoms with Crippen LogP contribution in [0.4, 0.5) is 0 Å². The summed E-state index contributed by atoms with van der Waals surface area (Å²) in [5, 5.41) is 18.3. The van der Waals surface area contributed by atoms with Crippen LogP contribution in [0.2, 0.25) is 0 Å². The van der Waals surface area contributed by atoms with E-state index < -0.39 is 23.8 Å². The van der Waals surface area contributed by atoms with Crippen molar-refractivity contribution in [3.05, 3.63) is 0 Å². The lowest BCUT2D eigenvalue weighted by molar-refractivity contribution is -0.151. The summed E-state index contributed by atoms with van der Waals surface area (Å²) in [6.07, 6.45) is 4.62. The molecule has 4 heteroatoms. The minimum Gasteiger partial charge on any atom is -0.481 e. The lowest BCUT2D eigenvalue weighted by atomic mass is 9.71. The van der Waals surface area contributed by atoms with E-state index in [2.05, 4.69) is 0 Å². The zero-order valence-corrected chi connectivity index (χ0v) is 9.69. The molecule has 16 heavy (non-hydrogen) atoms. The molecular weight excluding hydrogens is 208 g/mol. The number of hydrogen-bond donors (Lipinski definition) is 2. The molecule has 0 aliphatic heterocycles. The van der Waals surface area contributed by atoms with Crippen LogP contribution < -0.4 is 0 Å². The second kappa shape index (κ2) is 5.87. The fourth-order valence-electron chi connectivity index (χ4n) is 2.78. The highest BCUT2D eigenvalue weighted by molar-refractivity contribution is 5.74. The maximum atomic E-state index is 11.2. The average molecular weight is 228 g/mol. The lowest BCUT2D eigenvalue weighted by Crippen LogP contribution is -2.35. The summed E-state index contributed by atoms with van der Waals surface area (Å²) < 4.78 is 0. The molecule has 0 aromatic heterocycles. The maximum Gasteiger partial charge on any atom is 0.306 e. The SMILES string of the molecule is CCCC(C(=O)O)C1CCCCC1C(=O)O. The van der Waals surface area contributed by atoms with Gasteiger partial charge in [-0.3, -0.25) is 9.59 Å². The largest absolute Gasteiger partial charge is 0.481 e. The molecule has 0 amide bonds. The van der Waals surface area contributed by atoms with E-state index in [9.17, 15) is 9.59 Å². The topological polar surface area (TPSA) is 74.6 Å². The van der Waals surface area contributed by atoms with E-state index in [1.807, 2.05) is 6.92 Å². The fraction of sp³-hybridized carbons (Fsp3) is 0.833. The van der Waals surface area contributed by atoms with Gasteiger partial charge in [0.2, 0.25) is 0 Å². The van der Waals surface area contributed by atoms with Gasteiger partial charge in [0.1, 0.15) is 0 Å². The van der Waals surface area contributed by atoms with Gasteiger partial charge in [0.25, 0.3) is 0 Å². The second-order valence-electron chi connectivity index (χ2n) is 4.63. The number of hydrogen-bond acceptors (Lipinski definition) is 2. The van der Waals surface area contributed by atoms with Crippen molar-refractivity contribution in [2.24, 2.45) is 17.8 Å². The summed E-state index contributed by atoms with van der Waals surface area (Å²) in [6.45, 7) is 1.94. The zero-order valence-electron chi connectivity index (χ0n) is 9.69. The molecule has 1 aliphatic carbocycles. The molecule has 0 heterocycles. The normalized spacial score (nSPS) is 27.3. The molecule has 0 spiro atoms. The van der Waals surface area contributed by atoms with E-state index in [1.54, 1.807) is 0 Å². The lowest BCUT2D eigenvalue weighted by Gasteiger charge is -2.32. The maximum absolute atomic E-state index is 11.2. The molecule has 92 valence electrons. The van der Waals surface area contributed by atoms with Crippen molar-refractivity contribution in [1.82, 2.24) is 0 Å². The van der Waals surface area contributed by atoms with Crippen molar-refractivity contribution < 1.29 is 19.8 Å². The minimum atomic E-state index is -0.833. The number of rotatable bonds is 5. The van der Waals surface area contributed by atoms with Gasteiger partial charge >= 0.3 is 11.9 Å². The van der Waals surface area contributed by atoms with Gasteiger partial charge in [-0.05, 0) is 25.2 Å². The average Bonchev–Trinajstić information content (AvgIpc) is 2.25. The van der Waals surface area contributed by atoms with Crippen LogP contribution in [0.3, 0.4) is 0 Å². The Balaban J connectivity index is 2.78. The van der Waals surface area contributed by atoms with Crippen LogP contribution in [0.1, 0.15) is 45.4 Å². The van der Waals surface area contributed by atoms with Crippen LogP contribution >= 0.6 is 0 Å². The molecule has 0 radical (unpaired) electrons. The summed E-state index contributed by atoms with van der Waals surface area (Å²) >= 11 is 0. The van der Waals surface area contributed by atoms with E-state index in [0.717, 1.165) is 25.7 Å². The van der Waals surface area contributed by atoms with Crippen LogP contribution in [-0.4, -0.2) is 22.2 Å². The molecular formula is C12H20O4. The first-order valence-corrected chi connectivity index (χ1v) is 6.03.